The van der Waals surface area contributed by atoms with Crippen molar-refractivity contribution in [3.8, 4) is 0 Å². The number of ether oxygens (including phenoxy) is 1. The first-order valence-electron chi connectivity index (χ1n) is 7.26. The van der Waals surface area contributed by atoms with Gasteiger partial charge in [-0.3, -0.25) is 9.59 Å². The normalized spacial score (nSPS) is 10.4. The van der Waals surface area contributed by atoms with Gasteiger partial charge in [0.2, 0.25) is 0 Å². The lowest BCUT2D eigenvalue weighted by molar-refractivity contribution is -0.137. The third-order valence-corrected chi connectivity index (χ3v) is 6.07. The summed E-state index contributed by atoms with van der Waals surface area (Å²) in [7, 11) is 1.40. The van der Waals surface area contributed by atoms with Gasteiger partial charge < -0.3 is 4.74 Å². The van der Waals surface area contributed by atoms with Crippen molar-refractivity contribution >= 4 is 47.0 Å². The van der Waals surface area contributed by atoms with Crippen LogP contribution in [0.15, 0.2) is 68.1 Å². The summed E-state index contributed by atoms with van der Waals surface area (Å²) >= 11 is 4.70. The van der Waals surface area contributed by atoms with Crippen molar-refractivity contribution in [3.05, 3.63) is 48.5 Å². The Bertz CT molecular complexity index is 682. The van der Waals surface area contributed by atoms with Crippen molar-refractivity contribution in [1.29, 1.82) is 0 Å². The number of thioether (sulfide) groups is 2. The number of Topliss-reactive ketones (excluding diaryl/α,β-unsaturated/α-hetero) is 1. The molecule has 0 aromatic heterocycles. The molecule has 0 radical (unpaired) electrons. The average Bonchev–Trinajstić information content (AvgIpc) is 2.60. The summed E-state index contributed by atoms with van der Waals surface area (Å²) in [6, 6.07) is 16.3. The van der Waals surface area contributed by atoms with Crippen LogP contribution in [-0.2, 0) is 14.3 Å². The number of hydrogen-bond acceptors (Lipinski definition) is 6. The van der Waals surface area contributed by atoms with Crippen molar-refractivity contribution in [1.82, 2.24) is 0 Å². The van der Waals surface area contributed by atoms with Crippen molar-refractivity contribution in [2.45, 2.75) is 26.5 Å². The van der Waals surface area contributed by atoms with Gasteiger partial charge in [-0.15, -0.1) is 23.5 Å². The monoisotopic (exact) mass is 378 g/mol. The minimum absolute atomic E-state index is 0.184. The molecule has 0 amide bonds. The van der Waals surface area contributed by atoms with E-state index in [9.17, 15) is 9.59 Å². The molecule has 2 aromatic rings. The number of hydrogen-bond donors (Lipinski definition) is 0. The van der Waals surface area contributed by atoms with Gasteiger partial charge in [0.15, 0.2) is 0 Å². The highest BCUT2D eigenvalue weighted by atomic mass is 32.2. The second-order valence-electron chi connectivity index (χ2n) is 4.90. The molecule has 2 aromatic carbocycles. The van der Waals surface area contributed by atoms with Crippen LogP contribution in [0.4, 0.5) is 0 Å². The first-order valence-corrected chi connectivity index (χ1v) is 10.1. The molecule has 3 nitrogen and oxygen atoms in total. The summed E-state index contributed by atoms with van der Waals surface area (Å²) in [5, 5.41) is 0. The van der Waals surface area contributed by atoms with Gasteiger partial charge in [-0.2, -0.15) is 0 Å². The number of carbonyl (C=O) groups is 2. The Hall–Kier alpha value is -1.37. The highest BCUT2D eigenvalue weighted by Gasteiger charge is 2.03. The number of carbonyl (C=O) groups excluding carboxylic acids is 2. The minimum atomic E-state index is -0.221. The Morgan fingerprint density at radius 3 is 1.62 bits per heavy atom. The predicted octanol–water partition coefficient (Wildman–Crippen LogP) is 4.78. The number of rotatable bonds is 8. The molecule has 0 atom stereocenters. The average molecular weight is 379 g/mol. The third-order valence-electron chi connectivity index (χ3n) is 2.91. The maximum atomic E-state index is 11.1. The van der Waals surface area contributed by atoms with E-state index in [1.54, 1.807) is 30.4 Å². The van der Waals surface area contributed by atoms with E-state index >= 15 is 0 Å². The molecule has 0 aliphatic carbocycles. The molecular weight excluding hydrogens is 360 g/mol. The molecule has 126 valence electrons. The van der Waals surface area contributed by atoms with Crippen LogP contribution in [0, 0.1) is 0 Å². The van der Waals surface area contributed by atoms with E-state index in [1.807, 2.05) is 36.4 Å². The molecule has 0 spiro atoms. The summed E-state index contributed by atoms with van der Waals surface area (Å²) in [6.07, 6.45) is 0. The van der Waals surface area contributed by atoms with E-state index in [0.717, 1.165) is 19.6 Å². The van der Waals surface area contributed by atoms with Gasteiger partial charge in [0, 0.05) is 19.6 Å². The lowest BCUT2D eigenvalue weighted by Gasteiger charge is -2.05. The molecular formula is C18H18O3S3. The van der Waals surface area contributed by atoms with E-state index in [4.69, 9.17) is 0 Å². The van der Waals surface area contributed by atoms with Crippen LogP contribution in [0.3, 0.4) is 0 Å². The van der Waals surface area contributed by atoms with Crippen LogP contribution in [0.25, 0.3) is 0 Å². The van der Waals surface area contributed by atoms with E-state index in [-0.39, 0.29) is 11.8 Å². The van der Waals surface area contributed by atoms with E-state index in [0.29, 0.717) is 11.5 Å². The topological polar surface area (TPSA) is 43.4 Å². The van der Waals surface area contributed by atoms with Gasteiger partial charge in [0.05, 0.1) is 18.6 Å². The zero-order chi connectivity index (χ0) is 17.4. The fourth-order valence-corrected chi connectivity index (χ4v) is 3.98. The van der Waals surface area contributed by atoms with Crippen molar-refractivity contribution in [3.63, 3.8) is 0 Å². The summed E-state index contributed by atoms with van der Waals surface area (Å²) in [5.74, 6) is 0.796. The molecule has 6 heteroatoms. The minimum Gasteiger partial charge on any atom is -0.468 e. The molecule has 0 bridgehead atoms. The third kappa shape index (κ3) is 6.63. The highest BCUT2D eigenvalue weighted by Crippen LogP contribution is 2.31. The molecule has 2 rings (SSSR count). The van der Waals surface area contributed by atoms with E-state index < -0.39 is 0 Å². The molecule has 0 N–H and O–H groups in total. The highest BCUT2D eigenvalue weighted by molar-refractivity contribution is 8.00. The number of benzene rings is 2. The number of esters is 1. The Morgan fingerprint density at radius 1 is 0.792 bits per heavy atom. The van der Waals surface area contributed by atoms with Crippen LogP contribution >= 0.6 is 35.3 Å². The molecule has 0 aliphatic rings. The summed E-state index contributed by atoms with van der Waals surface area (Å²) in [4.78, 5) is 26.6. The van der Waals surface area contributed by atoms with Gasteiger partial charge in [0.1, 0.15) is 5.78 Å². The van der Waals surface area contributed by atoms with Crippen LogP contribution in [0.5, 0.6) is 0 Å². The first-order chi connectivity index (χ1) is 11.6. The lowest BCUT2D eigenvalue weighted by Crippen LogP contribution is -2.02. The Kier molecular flexibility index (Phi) is 7.75. The smallest absolute Gasteiger partial charge is 0.315 e. The van der Waals surface area contributed by atoms with Crippen LogP contribution in [0.1, 0.15) is 6.92 Å². The number of methoxy groups -OCH3 is 1. The number of ketones is 1. The zero-order valence-corrected chi connectivity index (χ0v) is 15.9. The molecule has 0 saturated carbocycles. The Labute approximate surface area is 154 Å². The Balaban J connectivity index is 1.89. The van der Waals surface area contributed by atoms with E-state index in [2.05, 4.69) is 16.9 Å². The molecule has 0 aliphatic heterocycles. The second kappa shape index (κ2) is 9.81. The maximum Gasteiger partial charge on any atom is 0.315 e. The lowest BCUT2D eigenvalue weighted by atomic mass is 10.4. The zero-order valence-electron chi connectivity index (χ0n) is 13.5. The summed E-state index contributed by atoms with van der Waals surface area (Å²) < 4.78 is 4.63. The fraction of sp³-hybridized carbons (Fsp3) is 0.222. The quantitative estimate of drug-likeness (QED) is 0.486. The van der Waals surface area contributed by atoms with Gasteiger partial charge in [0.25, 0.3) is 0 Å². The molecule has 0 heterocycles. The van der Waals surface area contributed by atoms with E-state index in [1.165, 1.54) is 18.9 Å². The SMILES string of the molecule is COC(=O)CSc1ccc(Sc2ccc(SCC(C)=O)cc2)cc1. The second-order valence-corrected chi connectivity index (χ2v) is 8.14. The summed E-state index contributed by atoms with van der Waals surface area (Å²) in [6.45, 7) is 1.60. The largest absolute Gasteiger partial charge is 0.468 e. The molecule has 0 unspecified atom stereocenters. The van der Waals surface area contributed by atoms with Crippen molar-refractivity contribution < 1.29 is 14.3 Å². The molecule has 0 saturated heterocycles. The van der Waals surface area contributed by atoms with Gasteiger partial charge >= 0.3 is 5.97 Å². The first kappa shape index (κ1) is 19.0. The maximum absolute atomic E-state index is 11.1. The molecule has 24 heavy (non-hydrogen) atoms. The predicted molar refractivity (Wildman–Crippen MR) is 101 cm³/mol. The summed E-state index contributed by atoms with van der Waals surface area (Å²) in [5.41, 5.74) is 0. The molecule has 0 fully saturated rings. The fourth-order valence-electron chi connectivity index (χ4n) is 1.73. The standard InChI is InChI=1S/C18H18O3S3/c1-13(19)11-22-14-3-7-16(8-4-14)24-17-9-5-15(6-10-17)23-12-18(20)21-2/h3-10H,11-12H2,1-2H3. The van der Waals surface area contributed by atoms with Crippen molar-refractivity contribution in [2.24, 2.45) is 0 Å². The van der Waals surface area contributed by atoms with Crippen LogP contribution in [0.2, 0.25) is 0 Å². The Morgan fingerprint density at radius 2 is 1.21 bits per heavy atom. The van der Waals surface area contributed by atoms with Gasteiger partial charge in [-0.1, -0.05) is 11.8 Å². The van der Waals surface area contributed by atoms with Crippen molar-refractivity contribution in [2.75, 3.05) is 18.6 Å². The van der Waals surface area contributed by atoms with Gasteiger partial charge in [-0.05, 0) is 55.5 Å². The van der Waals surface area contributed by atoms with Gasteiger partial charge in [-0.25, -0.2) is 0 Å². The van der Waals surface area contributed by atoms with Crippen LogP contribution < -0.4 is 0 Å². The van der Waals surface area contributed by atoms with Crippen LogP contribution in [-0.4, -0.2) is 30.4 Å².